The summed E-state index contributed by atoms with van der Waals surface area (Å²) in [4.78, 5) is 5.21. The van der Waals surface area contributed by atoms with E-state index in [2.05, 4.69) is 335 Å². The number of hydrogen-bond donors (Lipinski definition) is 0. The standard InChI is InChI=1S/C88H75BN4/c1-85(2)46-48-87(5,6)72-50-59(34-42-70(72)85)57-30-37-62(38-31-57)90-80-45-36-61(56-20-10-9-11-21-56)52-75(80)89-74-44-41-64(92-76-26-16-12-22-66(76)67-23-13-17-27-77(67)92)53-81(74)91(63-39-32-58(33-40-63)60-35-43-71-73(51-60)88(7,8)49-47-86(71,3)4)83-55-65(54-82(90)84(83)89)93-78-28-18-14-24-68(78)69-25-15-19-29-79(69)93/h9-45,50-55H,46-49H2,1-8H3. The summed E-state index contributed by atoms with van der Waals surface area (Å²) < 4.78 is 5.01. The Hall–Kier alpha value is -10.1. The van der Waals surface area contributed by atoms with E-state index in [1.165, 1.54) is 147 Å². The first-order valence-electron chi connectivity index (χ1n) is 33.7. The van der Waals surface area contributed by atoms with E-state index in [-0.39, 0.29) is 28.4 Å². The predicted molar refractivity (Wildman–Crippen MR) is 396 cm³/mol. The Morgan fingerprint density at radius 2 is 0.613 bits per heavy atom. The first kappa shape index (κ1) is 55.7. The van der Waals surface area contributed by atoms with Crippen LogP contribution in [0.2, 0.25) is 0 Å². The zero-order valence-corrected chi connectivity index (χ0v) is 54.5. The molecule has 14 aromatic rings. The van der Waals surface area contributed by atoms with Gasteiger partial charge in [-0.3, -0.25) is 0 Å². The van der Waals surface area contributed by atoms with E-state index in [4.69, 9.17) is 0 Å². The monoisotopic (exact) mass is 1200 g/mol. The van der Waals surface area contributed by atoms with Crippen molar-refractivity contribution in [1.82, 2.24) is 9.13 Å². The van der Waals surface area contributed by atoms with Gasteiger partial charge in [0, 0.05) is 61.4 Å². The highest BCUT2D eigenvalue weighted by Gasteiger charge is 2.45. The van der Waals surface area contributed by atoms with E-state index in [1.807, 2.05) is 0 Å². The third-order valence-electron chi connectivity index (χ3n) is 22.4. The fourth-order valence-electron chi connectivity index (χ4n) is 17.2. The molecule has 0 atom stereocenters. The second-order valence-corrected chi connectivity index (χ2v) is 29.8. The van der Waals surface area contributed by atoms with Crippen LogP contribution in [0.25, 0.3) is 88.4 Å². The summed E-state index contributed by atoms with van der Waals surface area (Å²) in [6.07, 6.45) is 4.74. The van der Waals surface area contributed by atoms with Crippen LogP contribution in [0.15, 0.2) is 261 Å². The maximum atomic E-state index is 2.62. The Morgan fingerprint density at radius 3 is 1.09 bits per heavy atom. The van der Waals surface area contributed by atoms with Crippen LogP contribution in [-0.4, -0.2) is 15.8 Å². The second kappa shape index (κ2) is 20.2. The molecule has 450 valence electrons. The van der Waals surface area contributed by atoms with E-state index < -0.39 is 0 Å². The fraction of sp³-hybridized carbons (Fsp3) is 0.182. The number of aromatic nitrogens is 2. The molecule has 2 aromatic heterocycles. The molecule has 93 heavy (non-hydrogen) atoms. The normalized spacial score (nSPS) is 16.3. The van der Waals surface area contributed by atoms with Crippen molar-refractivity contribution < 1.29 is 0 Å². The highest BCUT2D eigenvalue weighted by Crippen LogP contribution is 2.52. The SMILES string of the molecule is CC1(C)CCC(C)(C)c2cc(-c3ccc(N4c5ccc(-c6ccccc6)cc5B5c6ccc(-n7c8ccccc8c8ccccc87)cc6N(c6ccc(-c7ccc8c(c7)C(C)(C)CCC8(C)C)cc6)c6cc(-n7c8ccccc8c8ccccc87)cc4c65)cc3)ccc21. The molecule has 0 spiro atoms. The van der Waals surface area contributed by atoms with E-state index in [0.29, 0.717) is 0 Å². The topological polar surface area (TPSA) is 16.3 Å². The van der Waals surface area contributed by atoms with Gasteiger partial charge in [0.2, 0.25) is 0 Å². The molecule has 0 saturated heterocycles. The number of anilines is 6. The van der Waals surface area contributed by atoms with Gasteiger partial charge >= 0.3 is 0 Å². The molecule has 4 heterocycles. The maximum absolute atomic E-state index is 2.62. The molecule has 0 N–H and O–H groups in total. The minimum atomic E-state index is -0.139. The molecular weight excluding hydrogens is 1120 g/mol. The van der Waals surface area contributed by atoms with Gasteiger partial charge < -0.3 is 18.9 Å². The van der Waals surface area contributed by atoms with Crippen molar-refractivity contribution in [2.75, 3.05) is 9.80 Å². The lowest BCUT2D eigenvalue weighted by Gasteiger charge is -2.44. The van der Waals surface area contributed by atoms with Gasteiger partial charge in [-0.25, -0.2) is 0 Å². The fourth-order valence-corrected chi connectivity index (χ4v) is 17.2. The molecule has 0 amide bonds. The summed E-state index contributed by atoms with van der Waals surface area (Å²) in [6.45, 7) is 19.3. The first-order chi connectivity index (χ1) is 45.1. The highest BCUT2D eigenvalue weighted by atomic mass is 15.2. The summed E-state index contributed by atoms with van der Waals surface area (Å²) in [5, 5.41) is 4.97. The minimum absolute atomic E-state index is 0.0936. The van der Waals surface area contributed by atoms with Gasteiger partial charge in [-0.1, -0.05) is 237 Å². The second-order valence-electron chi connectivity index (χ2n) is 29.8. The van der Waals surface area contributed by atoms with Gasteiger partial charge in [0.1, 0.15) is 0 Å². The number of hydrogen-bond acceptors (Lipinski definition) is 2. The number of nitrogens with zero attached hydrogens (tertiary/aromatic N) is 4. The van der Waals surface area contributed by atoms with Crippen molar-refractivity contribution in [3.8, 4) is 44.8 Å². The zero-order valence-electron chi connectivity index (χ0n) is 54.5. The van der Waals surface area contributed by atoms with Crippen molar-refractivity contribution in [3.05, 3.63) is 283 Å². The number of benzene rings is 12. The largest absolute Gasteiger partial charge is 0.311 e. The third kappa shape index (κ3) is 8.51. The van der Waals surface area contributed by atoms with Crippen molar-refractivity contribution in [2.45, 2.75) is 103 Å². The summed E-state index contributed by atoms with van der Waals surface area (Å²) in [7, 11) is 0. The molecule has 0 saturated carbocycles. The average molecular weight is 1200 g/mol. The number of para-hydroxylation sites is 4. The molecule has 0 fully saturated rings. The van der Waals surface area contributed by atoms with Crippen LogP contribution in [0.3, 0.4) is 0 Å². The Balaban J connectivity index is 0.909. The lowest BCUT2D eigenvalue weighted by atomic mass is 9.33. The molecule has 0 bridgehead atoms. The van der Waals surface area contributed by atoms with Gasteiger partial charge in [-0.2, -0.15) is 0 Å². The highest BCUT2D eigenvalue weighted by molar-refractivity contribution is 7.00. The predicted octanol–water partition coefficient (Wildman–Crippen LogP) is 21.7. The summed E-state index contributed by atoms with van der Waals surface area (Å²) in [5.74, 6) is 0. The van der Waals surface area contributed by atoms with E-state index in [1.54, 1.807) is 0 Å². The molecule has 12 aromatic carbocycles. The Labute approximate surface area is 547 Å². The van der Waals surface area contributed by atoms with Crippen molar-refractivity contribution in [2.24, 2.45) is 0 Å². The molecule has 4 aliphatic rings. The summed E-state index contributed by atoms with van der Waals surface area (Å²) >= 11 is 0. The summed E-state index contributed by atoms with van der Waals surface area (Å²) in [5.41, 5.74) is 31.4. The molecule has 0 radical (unpaired) electrons. The molecule has 18 rings (SSSR count). The van der Waals surface area contributed by atoms with Gasteiger partial charge in [0.15, 0.2) is 0 Å². The number of rotatable bonds is 7. The van der Waals surface area contributed by atoms with Crippen LogP contribution < -0.4 is 26.2 Å². The Kier molecular flexibility index (Phi) is 12.1. The Morgan fingerprint density at radius 1 is 0.258 bits per heavy atom. The lowest BCUT2D eigenvalue weighted by Crippen LogP contribution is -2.61. The molecule has 2 aliphatic carbocycles. The Bertz CT molecular complexity index is 5300. The molecular formula is C88H75BN4. The third-order valence-corrected chi connectivity index (χ3v) is 22.4. The van der Waals surface area contributed by atoms with Crippen molar-refractivity contribution in [3.63, 3.8) is 0 Å². The van der Waals surface area contributed by atoms with Gasteiger partial charge in [0.25, 0.3) is 6.71 Å². The van der Waals surface area contributed by atoms with Gasteiger partial charge in [0.05, 0.1) is 27.8 Å². The average Bonchev–Trinajstić information content (AvgIpc) is 1.11. The van der Waals surface area contributed by atoms with Crippen LogP contribution in [0, 0.1) is 0 Å². The van der Waals surface area contributed by atoms with Crippen LogP contribution in [-0.2, 0) is 21.7 Å². The number of fused-ring (bicyclic) bond motifs is 12. The smallest absolute Gasteiger partial charge is 0.252 e. The summed E-state index contributed by atoms with van der Waals surface area (Å²) in [6, 6.07) is 100. The van der Waals surface area contributed by atoms with Crippen LogP contribution >= 0.6 is 0 Å². The van der Waals surface area contributed by atoms with E-state index in [9.17, 15) is 0 Å². The molecule has 0 unspecified atom stereocenters. The van der Waals surface area contributed by atoms with Crippen molar-refractivity contribution in [1.29, 1.82) is 0 Å². The van der Waals surface area contributed by atoms with E-state index in [0.717, 1.165) is 39.8 Å². The van der Waals surface area contributed by atoms with Crippen LogP contribution in [0.4, 0.5) is 34.1 Å². The van der Waals surface area contributed by atoms with Crippen LogP contribution in [0.5, 0.6) is 0 Å². The minimum Gasteiger partial charge on any atom is -0.311 e. The maximum Gasteiger partial charge on any atom is 0.252 e. The molecule has 2 aliphatic heterocycles. The zero-order chi connectivity index (χ0) is 62.9. The molecule has 4 nitrogen and oxygen atoms in total. The van der Waals surface area contributed by atoms with Crippen molar-refractivity contribution >= 4 is 101 Å². The lowest BCUT2D eigenvalue weighted by molar-refractivity contribution is 0.332. The quantitative estimate of drug-likeness (QED) is 0.148. The van der Waals surface area contributed by atoms with E-state index >= 15 is 0 Å². The molecule has 5 heteroatoms. The van der Waals surface area contributed by atoms with Gasteiger partial charge in [-0.15, -0.1) is 0 Å². The first-order valence-corrected chi connectivity index (χ1v) is 33.7. The van der Waals surface area contributed by atoms with Crippen LogP contribution in [0.1, 0.15) is 103 Å². The van der Waals surface area contributed by atoms with Gasteiger partial charge in [-0.05, 0) is 198 Å².